The fraction of sp³-hybridized carbons (Fsp3) is 0.400. The molecular weight excluding hydrogens is 304 g/mol. The van der Waals surface area contributed by atoms with Crippen LogP contribution in [0.5, 0.6) is 0 Å². The number of allylic oxidation sites excluding steroid dienone is 1. The van der Waals surface area contributed by atoms with Crippen LogP contribution in [0.4, 0.5) is 17.7 Å². The molecule has 0 radical (unpaired) electrons. The normalized spacial score (nSPS) is 18.4. The van der Waals surface area contributed by atoms with Crippen molar-refractivity contribution in [3.05, 3.63) is 47.5 Å². The van der Waals surface area contributed by atoms with Crippen molar-refractivity contribution < 1.29 is 32.2 Å². The molecule has 0 unspecified atom stereocenters. The summed E-state index contributed by atoms with van der Waals surface area (Å²) in [5.41, 5.74) is -1.17. The smallest absolute Gasteiger partial charge is 0.381 e. The van der Waals surface area contributed by atoms with E-state index >= 15 is 0 Å². The van der Waals surface area contributed by atoms with Gasteiger partial charge >= 0.3 is 12.1 Å². The van der Waals surface area contributed by atoms with Crippen LogP contribution in [0, 0.1) is 0 Å². The molecule has 1 fully saturated rings. The minimum absolute atomic E-state index is 0.339. The van der Waals surface area contributed by atoms with Gasteiger partial charge in [0.1, 0.15) is 0 Å². The lowest BCUT2D eigenvalue weighted by Crippen LogP contribution is -2.32. The Labute approximate surface area is 124 Å². The summed E-state index contributed by atoms with van der Waals surface area (Å²) in [5, 5.41) is 0. The van der Waals surface area contributed by atoms with Crippen LogP contribution in [0.3, 0.4) is 0 Å². The van der Waals surface area contributed by atoms with Gasteiger partial charge in [0.25, 0.3) is 0 Å². The van der Waals surface area contributed by atoms with E-state index in [0.717, 1.165) is 18.2 Å². The zero-order valence-electron chi connectivity index (χ0n) is 11.5. The molecule has 0 aromatic heterocycles. The molecular formula is C15H14F4O3. The van der Waals surface area contributed by atoms with E-state index < -0.39 is 23.1 Å². The zero-order valence-corrected chi connectivity index (χ0v) is 11.5. The summed E-state index contributed by atoms with van der Waals surface area (Å²) in [6, 6.07) is 4.91. The Morgan fingerprint density at radius 1 is 1.27 bits per heavy atom. The summed E-state index contributed by atoms with van der Waals surface area (Å²) >= 11 is 0. The van der Waals surface area contributed by atoms with Gasteiger partial charge in [-0.1, -0.05) is 24.3 Å². The molecule has 7 heteroatoms. The van der Waals surface area contributed by atoms with E-state index in [2.05, 4.69) is 4.94 Å². The maximum atomic E-state index is 12.9. The predicted molar refractivity (Wildman–Crippen MR) is 69.5 cm³/mol. The molecule has 22 heavy (non-hydrogen) atoms. The number of alkyl halides is 3. The maximum Gasteiger partial charge on any atom is 0.416 e. The third-order valence-electron chi connectivity index (χ3n) is 3.76. The van der Waals surface area contributed by atoms with Crippen LogP contribution < -0.4 is 0 Å². The quantitative estimate of drug-likeness (QED) is 0.629. The van der Waals surface area contributed by atoms with E-state index in [1.54, 1.807) is 6.07 Å². The average molecular weight is 318 g/mol. The van der Waals surface area contributed by atoms with Crippen molar-refractivity contribution in [3.8, 4) is 0 Å². The SMILES string of the molecule is O=C(/C=C/C1(c2cccc(C(F)(F)F)c2)CCOCC1)OF. The topological polar surface area (TPSA) is 35.5 Å². The molecule has 1 aliphatic rings. The molecule has 2 rings (SSSR count). The number of rotatable bonds is 3. The molecule has 0 atom stereocenters. The number of hydrogen-bond donors (Lipinski definition) is 0. The van der Waals surface area contributed by atoms with Gasteiger partial charge in [0.05, 0.1) is 5.56 Å². The highest BCUT2D eigenvalue weighted by Crippen LogP contribution is 2.39. The van der Waals surface area contributed by atoms with Crippen molar-refractivity contribution in [1.29, 1.82) is 0 Å². The van der Waals surface area contributed by atoms with Gasteiger partial charge in [0, 0.05) is 29.2 Å². The van der Waals surface area contributed by atoms with E-state index in [-0.39, 0.29) is 0 Å². The first-order valence-corrected chi connectivity index (χ1v) is 6.65. The molecule has 1 saturated heterocycles. The van der Waals surface area contributed by atoms with Gasteiger partial charge in [0.2, 0.25) is 0 Å². The summed E-state index contributed by atoms with van der Waals surface area (Å²) in [7, 11) is 0. The third-order valence-corrected chi connectivity index (χ3v) is 3.76. The highest BCUT2D eigenvalue weighted by atomic mass is 19.4. The van der Waals surface area contributed by atoms with Gasteiger partial charge in [-0.25, -0.2) is 4.79 Å². The number of carbonyl (C=O) groups is 1. The zero-order chi connectivity index (χ0) is 16.2. The van der Waals surface area contributed by atoms with Gasteiger partial charge in [-0.15, -0.1) is 0 Å². The second-order valence-corrected chi connectivity index (χ2v) is 5.08. The summed E-state index contributed by atoms with van der Waals surface area (Å²) < 4.78 is 55.6. The molecule has 1 aromatic rings. The number of carbonyl (C=O) groups excluding carboxylic acids is 1. The molecule has 1 heterocycles. The molecule has 0 N–H and O–H groups in total. The van der Waals surface area contributed by atoms with Crippen molar-refractivity contribution in [2.45, 2.75) is 24.4 Å². The fourth-order valence-corrected chi connectivity index (χ4v) is 2.55. The van der Waals surface area contributed by atoms with Gasteiger partial charge in [0.15, 0.2) is 0 Å². The van der Waals surface area contributed by atoms with Crippen molar-refractivity contribution >= 4 is 5.97 Å². The molecule has 1 aromatic carbocycles. The standard InChI is InChI=1S/C15H14F4O3/c16-15(17,18)12-3-1-2-11(10-12)14(5-4-13(20)22-19)6-8-21-9-7-14/h1-5,10H,6-9H2/b5-4+. The Morgan fingerprint density at radius 3 is 2.55 bits per heavy atom. The van der Waals surface area contributed by atoms with Crippen molar-refractivity contribution in [2.24, 2.45) is 0 Å². The first-order chi connectivity index (χ1) is 10.4. The monoisotopic (exact) mass is 318 g/mol. The lowest BCUT2D eigenvalue weighted by Gasteiger charge is -2.35. The van der Waals surface area contributed by atoms with E-state index in [0.29, 0.717) is 31.6 Å². The van der Waals surface area contributed by atoms with Crippen molar-refractivity contribution in [2.75, 3.05) is 13.2 Å². The molecule has 0 bridgehead atoms. The van der Waals surface area contributed by atoms with E-state index in [1.165, 1.54) is 12.1 Å². The average Bonchev–Trinajstić information content (AvgIpc) is 2.53. The minimum Gasteiger partial charge on any atom is -0.381 e. The molecule has 0 saturated carbocycles. The number of ether oxygens (including phenoxy) is 1. The Hall–Kier alpha value is -1.89. The Morgan fingerprint density at radius 2 is 1.95 bits per heavy atom. The van der Waals surface area contributed by atoms with Crippen molar-refractivity contribution in [1.82, 2.24) is 0 Å². The van der Waals surface area contributed by atoms with Crippen molar-refractivity contribution in [3.63, 3.8) is 0 Å². The molecule has 0 spiro atoms. The summed E-state index contributed by atoms with van der Waals surface area (Å²) in [6.07, 6.45) is -1.38. The van der Waals surface area contributed by atoms with Crippen LogP contribution in [0.2, 0.25) is 0 Å². The second-order valence-electron chi connectivity index (χ2n) is 5.08. The number of hydrogen-bond acceptors (Lipinski definition) is 3. The molecule has 1 aliphatic heterocycles. The van der Waals surface area contributed by atoms with E-state index in [1.807, 2.05) is 0 Å². The first-order valence-electron chi connectivity index (χ1n) is 6.65. The van der Waals surface area contributed by atoms with Crippen LogP contribution in [0.15, 0.2) is 36.4 Å². The summed E-state index contributed by atoms with van der Waals surface area (Å²) in [6.45, 7) is 0.677. The van der Waals surface area contributed by atoms with Crippen LogP contribution in [0.1, 0.15) is 24.0 Å². The first kappa shape index (κ1) is 16.5. The highest BCUT2D eigenvalue weighted by Gasteiger charge is 2.36. The highest BCUT2D eigenvalue weighted by molar-refractivity contribution is 5.81. The largest absolute Gasteiger partial charge is 0.416 e. The third kappa shape index (κ3) is 3.65. The maximum absolute atomic E-state index is 12.9. The van der Waals surface area contributed by atoms with Gasteiger partial charge in [-0.2, -0.15) is 13.2 Å². The molecule has 0 amide bonds. The van der Waals surface area contributed by atoms with Gasteiger partial charge in [-0.3, -0.25) is 4.94 Å². The predicted octanol–water partition coefficient (Wildman–Crippen LogP) is 3.74. The second kappa shape index (κ2) is 6.48. The molecule has 120 valence electrons. The fourth-order valence-electron chi connectivity index (χ4n) is 2.55. The van der Waals surface area contributed by atoms with Gasteiger partial charge in [-0.05, 0) is 24.5 Å². The minimum atomic E-state index is -4.45. The number of benzene rings is 1. The van der Waals surface area contributed by atoms with E-state index in [9.17, 15) is 22.5 Å². The summed E-state index contributed by atoms with van der Waals surface area (Å²) in [5.74, 6) is -1.20. The number of halogens is 4. The lowest BCUT2D eigenvalue weighted by molar-refractivity contribution is -0.176. The Balaban J connectivity index is 2.41. The molecule has 3 nitrogen and oxygen atoms in total. The Kier molecular flexibility index (Phi) is 4.85. The summed E-state index contributed by atoms with van der Waals surface area (Å²) in [4.78, 5) is 14.0. The van der Waals surface area contributed by atoms with Crippen LogP contribution in [-0.2, 0) is 26.1 Å². The van der Waals surface area contributed by atoms with E-state index in [4.69, 9.17) is 4.74 Å². The van der Waals surface area contributed by atoms with Gasteiger partial charge < -0.3 is 4.74 Å². The lowest BCUT2D eigenvalue weighted by atomic mass is 9.73. The molecule has 0 aliphatic carbocycles. The van der Waals surface area contributed by atoms with Crippen LogP contribution >= 0.6 is 0 Å². The van der Waals surface area contributed by atoms with Crippen LogP contribution in [0.25, 0.3) is 0 Å². The van der Waals surface area contributed by atoms with Crippen LogP contribution in [-0.4, -0.2) is 19.2 Å². The Bertz CT molecular complexity index is 560.